The van der Waals surface area contributed by atoms with E-state index < -0.39 is 17.9 Å². The highest BCUT2D eigenvalue weighted by Gasteiger charge is 2.30. The molecule has 3 atom stereocenters. The fourth-order valence-corrected chi connectivity index (χ4v) is 3.95. The van der Waals surface area contributed by atoms with Crippen molar-refractivity contribution in [2.75, 3.05) is 13.7 Å². The number of phenols is 1. The lowest BCUT2D eigenvalue weighted by molar-refractivity contribution is -0.151. The molecule has 1 aliphatic rings. The molecule has 198 valence electrons. The van der Waals surface area contributed by atoms with Crippen LogP contribution in [0.25, 0.3) is 0 Å². The van der Waals surface area contributed by atoms with E-state index >= 15 is 0 Å². The second-order valence-corrected chi connectivity index (χ2v) is 8.75. The number of hydrogen-bond acceptors (Lipinski definition) is 8. The molecule has 0 bridgehead atoms. The van der Waals surface area contributed by atoms with E-state index in [1.165, 1.54) is 19.4 Å². The number of aromatic hydroxyl groups is 2. The first-order valence-electron chi connectivity index (χ1n) is 12.4. The van der Waals surface area contributed by atoms with Gasteiger partial charge in [-0.3, -0.25) is 4.79 Å². The van der Waals surface area contributed by atoms with Crippen molar-refractivity contribution < 1.29 is 34.0 Å². The van der Waals surface area contributed by atoms with E-state index in [-0.39, 0.29) is 35.8 Å². The summed E-state index contributed by atoms with van der Waals surface area (Å²) in [6.45, 7) is 6.50. The van der Waals surface area contributed by atoms with Gasteiger partial charge in [-0.2, -0.15) is 0 Å². The lowest BCUT2D eigenvalue weighted by Crippen LogP contribution is -2.43. The highest BCUT2D eigenvalue weighted by molar-refractivity contribution is 5.97. The van der Waals surface area contributed by atoms with Gasteiger partial charge in [0.15, 0.2) is 17.2 Å². The standard InChI is InChI=1S/C21H32N2O6.C6H6O/c1-5-14(6-2)12-15-11-13(3)29-21(26)16(8-10-28-15)23-20(25)18-19(24)17(27-4)7-9-22-18;7-6-4-2-1-3-5-6/h7,9,13-16,24H,5-6,8,10-12H2,1-4H3,(H,23,25);1-5,7H/t13?,15?,16-;/m0./s1. The summed E-state index contributed by atoms with van der Waals surface area (Å²) in [6.07, 6.45) is 5.04. The Morgan fingerprint density at radius 3 is 2.47 bits per heavy atom. The van der Waals surface area contributed by atoms with Crippen LogP contribution in [0.5, 0.6) is 17.2 Å². The summed E-state index contributed by atoms with van der Waals surface area (Å²) in [5.41, 5.74) is -0.211. The number of aromatic nitrogens is 1. The number of esters is 1. The first-order valence-corrected chi connectivity index (χ1v) is 12.4. The lowest BCUT2D eigenvalue weighted by Gasteiger charge is -2.23. The van der Waals surface area contributed by atoms with E-state index in [1.54, 1.807) is 24.3 Å². The Labute approximate surface area is 212 Å². The van der Waals surface area contributed by atoms with Gasteiger partial charge in [-0.15, -0.1) is 0 Å². The minimum Gasteiger partial charge on any atom is -0.508 e. The molecule has 0 aliphatic carbocycles. The van der Waals surface area contributed by atoms with Crippen molar-refractivity contribution in [3.63, 3.8) is 0 Å². The van der Waals surface area contributed by atoms with E-state index in [0.29, 0.717) is 24.7 Å². The van der Waals surface area contributed by atoms with Crippen LogP contribution in [-0.4, -0.2) is 59.0 Å². The number of para-hydroxylation sites is 1. The topological polar surface area (TPSA) is 127 Å². The Kier molecular flexibility index (Phi) is 12.0. The van der Waals surface area contributed by atoms with Gasteiger partial charge in [-0.05, 0) is 31.4 Å². The molecule has 0 spiro atoms. The molecule has 0 radical (unpaired) electrons. The van der Waals surface area contributed by atoms with Crippen molar-refractivity contribution in [1.29, 1.82) is 0 Å². The normalized spacial score (nSPS) is 20.1. The van der Waals surface area contributed by atoms with Gasteiger partial charge < -0.3 is 29.7 Å². The van der Waals surface area contributed by atoms with Crippen LogP contribution in [0.15, 0.2) is 42.6 Å². The maximum Gasteiger partial charge on any atom is 0.329 e. The average molecular weight is 503 g/mol. The summed E-state index contributed by atoms with van der Waals surface area (Å²) < 4.78 is 16.6. The zero-order chi connectivity index (χ0) is 26.5. The van der Waals surface area contributed by atoms with Crippen LogP contribution in [0.1, 0.15) is 63.4 Å². The molecule has 36 heavy (non-hydrogen) atoms. The molecular formula is C27H38N2O7. The molecule has 1 amide bonds. The van der Waals surface area contributed by atoms with E-state index in [0.717, 1.165) is 19.3 Å². The van der Waals surface area contributed by atoms with Gasteiger partial charge in [-0.1, -0.05) is 44.9 Å². The SMILES string of the molecule is CCC(CC)CC1CC(C)OC(=O)[C@@H](NC(=O)c2nccc(OC)c2O)CCO1.Oc1ccccc1. The number of methoxy groups -OCH3 is 1. The van der Waals surface area contributed by atoms with Crippen molar-refractivity contribution in [2.24, 2.45) is 5.92 Å². The van der Waals surface area contributed by atoms with E-state index in [2.05, 4.69) is 24.1 Å². The number of rotatable bonds is 7. The molecule has 1 aromatic carbocycles. The fraction of sp³-hybridized carbons (Fsp3) is 0.519. The van der Waals surface area contributed by atoms with Crippen LogP contribution in [0.2, 0.25) is 0 Å². The molecule has 3 rings (SSSR count). The molecule has 2 unspecified atom stereocenters. The third-order valence-electron chi connectivity index (χ3n) is 6.09. The minimum absolute atomic E-state index is 0.0150. The summed E-state index contributed by atoms with van der Waals surface area (Å²) in [4.78, 5) is 29.0. The summed E-state index contributed by atoms with van der Waals surface area (Å²) in [6, 6.07) is 9.27. The summed E-state index contributed by atoms with van der Waals surface area (Å²) in [5, 5.41) is 21.4. The van der Waals surface area contributed by atoms with Crippen LogP contribution in [-0.2, 0) is 14.3 Å². The highest BCUT2D eigenvalue weighted by atomic mass is 16.5. The zero-order valence-electron chi connectivity index (χ0n) is 21.5. The number of carbonyl (C=O) groups excluding carboxylic acids is 2. The maximum atomic E-state index is 12.6. The molecule has 1 aromatic heterocycles. The number of hydrogen-bond donors (Lipinski definition) is 3. The third-order valence-corrected chi connectivity index (χ3v) is 6.09. The first-order chi connectivity index (χ1) is 17.3. The van der Waals surface area contributed by atoms with Crippen molar-refractivity contribution in [3.05, 3.63) is 48.3 Å². The molecular weight excluding hydrogens is 464 g/mol. The molecule has 0 saturated carbocycles. The molecule has 1 fully saturated rings. The number of nitrogens with one attached hydrogen (secondary N) is 1. The van der Waals surface area contributed by atoms with Crippen molar-refractivity contribution >= 4 is 11.9 Å². The summed E-state index contributed by atoms with van der Waals surface area (Å²) in [7, 11) is 1.38. The summed E-state index contributed by atoms with van der Waals surface area (Å²) in [5.74, 6) is -0.546. The van der Waals surface area contributed by atoms with Gasteiger partial charge in [0.1, 0.15) is 17.9 Å². The Hall–Kier alpha value is -3.33. The lowest BCUT2D eigenvalue weighted by atomic mass is 9.94. The maximum absolute atomic E-state index is 12.6. The van der Waals surface area contributed by atoms with Gasteiger partial charge in [0.2, 0.25) is 0 Å². The number of ether oxygens (including phenoxy) is 3. The van der Waals surface area contributed by atoms with Gasteiger partial charge in [-0.25, -0.2) is 9.78 Å². The predicted octanol–water partition coefficient (Wildman–Crippen LogP) is 4.22. The van der Waals surface area contributed by atoms with Gasteiger partial charge in [0, 0.05) is 31.7 Å². The smallest absolute Gasteiger partial charge is 0.329 e. The largest absolute Gasteiger partial charge is 0.508 e. The average Bonchev–Trinajstić information content (AvgIpc) is 2.92. The number of carbonyl (C=O) groups is 2. The van der Waals surface area contributed by atoms with Crippen LogP contribution in [0, 0.1) is 5.92 Å². The molecule has 2 aromatic rings. The summed E-state index contributed by atoms with van der Waals surface area (Å²) >= 11 is 0. The number of phenolic OH excluding ortho intramolecular Hbond substituents is 1. The molecule has 9 nitrogen and oxygen atoms in total. The van der Waals surface area contributed by atoms with Gasteiger partial charge in [0.05, 0.1) is 13.2 Å². The highest BCUT2D eigenvalue weighted by Crippen LogP contribution is 2.28. The first kappa shape index (κ1) is 28.9. The van der Waals surface area contributed by atoms with E-state index in [9.17, 15) is 14.7 Å². The molecule has 9 heteroatoms. The van der Waals surface area contributed by atoms with Crippen molar-refractivity contribution in [2.45, 2.75) is 71.1 Å². The van der Waals surface area contributed by atoms with Crippen LogP contribution >= 0.6 is 0 Å². The number of amides is 1. The second kappa shape index (κ2) is 14.9. The molecule has 1 aliphatic heterocycles. The monoisotopic (exact) mass is 502 g/mol. The van der Waals surface area contributed by atoms with Crippen molar-refractivity contribution in [3.8, 4) is 17.2 Å². The number of cyclic esters (lactones) is 1. The van der Waals surface area contributed by atoms with Gasteiger partial charge in [0.25, 0.3) is 5.91 Å². The second-order valence-electron chi connectivity index (χ2n) is 8.75. The number of pyridine rings is 1. The van der Waals surface area contributed by atoms with Crippen molar-refractivity contribution in [1.82, 2.24) is 10.3 Å². The number of nitrogens with zero attached hydrogens (tertiary/aromatic N) is 1. The zero-order valence-corrected chi connectivity index (χ0v) is 21.5. The predicted molar refractivity (Wildman–Crippen MR) is 135 cm³/mol. The van der Waals surface area contributed by atoms with Crippen LogP contribution in [0.3, 0.4) is 0 Å². The Morgan fingerprint density at radius 1 is 1.19 bits per heavy atom. The van der Waals surface area contributed by atoms with E-state index in [4.69, 9.17) is 19.3 Å². The quantitative estimate of drug-likeness (QED) is 0.480. The van der Waals surface area contributed by atoms with Crippen LogP contribution < -0.4 is 10.1 Å². The fourth-order valence-electron chi connectivity index (χ4n) is 3.95. The Balaban J connectivity index is 0.000000558. The van der Waals surface area contributed by atoms with Crippen LogP contribution in [0.4, 0.5) is 0 Å². The number of benzene rings is 1. The molecule has 2 heterocycles. The van der Waals surface area contributed by atoms with Gasteiger partial charge >= 0.3 is 5.97 Å². The molecule has 3 N–H and O–H groups in total. The van der Waals surface area contributed by atoms with E-state index in [1.807, 2.05) is 13.0 Å². The Morgan fingerprint density at radius 2 is 1.89 bits per heavy atom. The minimum atomic E-state index is -0.885. The third kappa shape index (κ3) is 9.03. The molecule has 1 saturated heterocycles. The Bertz CT molecular complexity index is 950.